The molecule has 1 aromatic rings. The van der Waals surface area contributed by atoms with E-state index in [0.29, 0.717) is 0 Å². The van der Waals surface area contributed by atoms with Crippen molar-refractivity contribution >= 4 is 0 Å². The molecular formula is C11H20N2. The third-order valence-electron chi connectivity index (χ3n) is 2.45. The Morgan fingerprint density at radius 3 is 2.85 bits per heavy atom. The number of hydrogen-bond donors (Lipinski definition) is 0. The van der Waals surface area contributed by atoms with E-state index in [0.717, 1.165) is 13.0 Å². The van der Waals surface area contributed by atoms with Gasteiger partial charge in [-0.15, -0.1) is 0 Å². The molecular weight excluding hydrogens is 160 g/mol. The highest BCUT2D eigenvalue weighted by Crippen LogP contribution is 2.17. The molecule has 13 heavy (non-hydrogen) atoms. The van der Waals surface area contributed by atoms with Crippen LogP contribution in [-0.2, 0) is 19.4 Å². The summed E-state index contributed by atoms with van der Waals surface area (Å²) in [6.45, 7) is 7.34. The number of hydrogen-bond acceptors (Lipinski definition) is 1. The van der Waals surface area contributed by atoms with Crippen LogP contribution >= 0.6 is 0 Å². The molecule has 0 atom stereocenters. The minimum Gasteiger partial charge on any atom is -0.269 e. The van der Waals surface area contributed by atoms with E-state index in [-0.39, 0.29) is 0 Å². The summed E-state index contributed by atoms with van der Waals surface area (Å²) < 4.78 is 2.17. The zero-order chi connectivity index (χ0) is 9.68. The van der Waals surface area contributed by atoms with Crippen LogP contribution in [0.25, 0.3) is 0 Å². The van der Waals surface area contributed by atoms with Gasteiger partial charge in [0.05, 0.1) is 6.20 Å². The molecule has 2 rings (SSSR count). The number of aromatic nitrogens is 2. The van der Waals surface area contributed by atoms with Crippen molar-refractivity contribution in [3.05, 3.63) is 17.5 Å². The van der Waals surface area contributed by atoms with Gasteiger partial charge in [-0.05, 0) is 31.2 Å². The Balaban J connectivity index is 0.000000396. The fourth-order valence-corrected chi connectivity index (χ4v) is 1.78. The van der Waals surface area contributed by atoms with Gasteiger partial charge < -0.3 is 0 Å². The van der Waals surface area contributed by atoms with Gasteiger partial charge in [-0.1, -0.05) is 20.8 Å². The molecule has 0 saturated carbocycles. The maximum Gasteiger partial charge on any atom is 0.0524 e. The second kappa shape index (κ2) is 5.05. The number of fused-ring (bicyclic) bond motifs is 1. The van der Waals surface area contributed by atoms with E-state index in [2.05, 4.69) is 16.7 Å². The lowest BCUT2D eigenvalue weighted by atomic mass is 10.1. The molecule has 2 heteroatoms. The van der Waals surface area contributed by atoms with Gasteiger partial charge >= 0.3 is 0 Å². The highest BCUT2D eigenvalue weighted by Gasteiger charge is 2.12. The molecule has 0 fully saturated rings. The van der Waals surface area contributed by atoms with E-state index < -0.39 is 0 Å². The quantitative estimate of drug-likeness (QED) is 0.650. The fourth-order valence-electron chi connectivity index (χ4n) is 1.78. The van der Waals surface area contributed by atoms with Crippen molar-refractivity contribution in [3.63, 3.8) is 0 Å². The summed E-state index contributed by atoms with van der Waals surface area (Å²) in [6, 6.07) is 0. The van der Waals surface area contributed by atoms with Gasteiger partial charge in [-0.2, -0.15) is 5.10 Å². The van der Waals surface area contributed by atoms with E-state index in [4.69, 9.17) is 0 Å². The molecule has 0 amide bonds. The smallest absolute Gasteiger partial charge is 0.0524 e. The highest BCUT2D eigenvalue weighted by atomic mass is 15.3. The zero-order valence-electron chi connectivity index (χ0n) is 9.01. The summed E-state index contributed by atoms with van der Waals surface area (Å²) in [5.41, 5.74) is 2.93. The Labute approximate surface area is 81.0 Å². The van der Waals surface area contributed by atoms with Gasteiger partial charge in [0.1, 0.15) is 0 Å². The van der Waals surface area contributed by atoms with Gasteiger partial charge in [-0.25, -0.2) is 0 Å². The number of rotatable bonds is 1. The molecule has 74 valence electrons. The predicted octanol–water partition coefficient (Wildman–Crippen LogP) is 2.81. The van der Waals surface area contributed by atoms with Gasteiger partial charge in [0.15, 0.2) is 0 Å². The van der Waals surface area contributed by atoms with Crippen LogP contribution < -0.4 is 0 Å². The van der Waals surface area contributed by atoms with E-state index in [1.807, 2.05) is 20.0 Å². The Bertz CT molecular complexity index is 237. The SMILES string of the molecule is CC.CCc1cnn2c1CCCC2. The van der Waals surface area contributed by atoms with Gasteiger partial charge in [0.25, 0.3) is 0 Å². The summed E-state index contributed by atoms with van der Waals surface area (Å²) >= 11 is 0. The van der Waals surface area contributed by atoms with Crippen LogP contribution in [0.5, 0.6) is 0 Å². The molecule has 0 spiro atoms. The molecule has 1 aliphatic heterocycles. The first-order valence-electron chi connectivity index (χ1n) is 5.45. The molecule has 2 heterocycles. The molecule has 0 aliphatic carbocycles. The van der Waals surface area contributed by atoms with E-state index in [9.17, 15) is 0 Å². The minimum atomic E-state index is 1.13. The third-order valence-corrected chi connectivity index (χ3v) is 2.45. The van der Waals surface area contributed by atoms with E-state index in [1.54, 1.807) is 0 Å². The second-order valence-electron chi connectivity index (χ2n) is 3.15. The van der Waals surface area contributed by atoms with Crippen molar-refractivity contribution in [2.75, 3.05) is 0 Å². The van der Waals surface area contributed by atoms with Gasteiger partial charge in [0, 0.05) is 12.2 Å². The minimum absolute atomic E-state index is 1.13. The lowest BCUT2D eigenvalue weighted by Gasteiger charge is -2.13. The number of nitrogens with zero attached hydrogens (tertiary/aromatic N) is 2. The number of aryl methyl sites for hydroxylation is 2. The zero-order valence-corrected chi connectivity index (χ0v) is 9.01. The Morgan fingerprint density at radius 2 is 2.15 bits per heavy atom. The maximum atomic E-state index is 4.34. The second-order valence-corrected chi connectivity index (χ2v) is 3.15. The Kier molecular flexibility index (Phi) is 4.00. The molecule has 0 aromatic carbocycles. The summed E-state index contributed by atoms with van der Waals surface area (Å²) in [4.78, 5) is 0. The van der Waals surface area contributed by atoms with Crippen molar-refractivity contribution in [1.82, 2.24) is 9.78 Å². The first-order chi connectivity index (χ1) is 6.42. The topological polar surface area (TPSA) is 17.8 Å². The normalized spacial score (nSPS) is 14.4. The first kappa shape index (κ1) is 10.3. The molecule has 0 saturated heterocycles. The molecule has 0 N–H and O–H groups in total. The molecule has 1 aromatic heterocycles. The predicted molar refractivity (Wildman–Crippen MR) is 55.9 cm³/mol. The fraction of sp³-hybridized carbons (Fsp3) is 0.727. The molecule has 1 aliphatic rings. The largest absolute Gasteiger partial charge is 0.269 e. The van der Waals surface area contributed by atoms with Crippen LogP contribution in [0, 0.1) is 0 Å². The summed E-state index contributed by atoms with van der Waals surface area (Å²) in [5.74, 6) is 0. The van der Waals surface area contributed by atoms with Crippen LogP contribution in [0.1, 0.15) is 44.9 Å². The average Bonchev–Trinajstić information content (AvgIpc) is 2.64. The van der Waals surface area contributed by atoms with E-state index in [1.165, 1.54) is 30.5 Å². The summed E-state index contributed by atoms with van der Waals surface area (Å²) in [5, 5.41) is 4.34. The lowest BCUT2D eigenvalue weighted by Crippen LogP contribution is -2.11. The van der Waals surface area contributed by atoms with E-state index >= 15 is 0 Å². The average molecular weight is 180 g/mol. The monoisotopic (exact) mass is 180 g/mol. The standard InChI is InChI=1S/C9H14N2.C2H6/c1-2-8-7-10-11-6-4-3-5-9(8)11;1-2/h7H,2-6H2,1H3;1-2H3. The van der Waals surface area contributed by atoms with Crippen molar-refractivity contribution in [3.8, 4) is 0 Å². The highest BCUT2D eigenvalue weighted by molar-refractivity contribution is 5.18. The van der Waals surface area contributed by atoms with Crippen LogP contribution in [0.15, 0.2) is 6.20 Å². The van der Waals surface area contributed by atoms with Crippen molar-refractivity contribution in [1.29, 1.82) is 0 Å². The Hall–Kier alpha value is -0.790. The molecule has 2 nitrogen and oxygen atoms in total. The van der Waals surface area contributed by atoms with Crippen molar-refractivity contribution in [2.45, 2.75) is 53.0 Å². The van der Waals surface area contributed by atoms with Crippen LogP contribution in [0.4, 0.5) is 0 Å². The van der Waals surface area contributed by atoms with Crippen molar-refractivity contribution < 1.29 is 0 Å². The van der Waals surface area contributed by atoms with Crippen LogP contribution in [-0.4, -0.2) is 9.78 Å². The van der Waals surface area contributed by atoms with Gasteiger partial charge in [0.2, 0.25) is 0 Å². The van der Waals surface area contributed by atoms with Crippen molar-refractivity contribution in [2.24, 2.45) is 0 Å². The Morgan fingerprint density at radius 1 is 1.38 bits per heavy atom. The van der Waals surface area contributed by atoms with Gasteiger partial charge in [-0.3, -0.25) is 4.68 Å². The molecule has 0 bridgehead atoms. The van der Waals surface area contributed by atoms with Crippen LogP contribution in [0.2, 0.25) is 0 Å². The summed E-state index contributed by atoms with van der Waals surface area (Å²) in [7, 11) is 0. The third kappa shape index (κ3) is 2.11. The lowest BCUT2D eigenvalue weighted by molar-refractivity contribution is 0.484. The maximum absolute atomic E-state index is 4.34. The summed E-state index contributed by atoms with van der Waals surface area (Å²) in [6.07, 6.45) is 7.05. The first-order valence-corrected chi connectivity index (χ1v) is 5.45. The molecule has 0 unspecified atom stereocenters. The molecule has 0 radical (unpaired) electrons. The van der Waals surface area contributed by atoms with Crippen LogP contribution in [0.3, 0.4) is 0 Å².